The van der Waals surface area contributed by atoms with Crippen LogP contribution in [0, 0.1) is 0 Å². The van der Waals surface area contributed by atoms with Crippen LogP contribution in [0.5, 0.6) is 0 Å². The first-order valence-corrected chi connectivity index (χ1v) is 11.9. The van der Waals surface area contributed by atoms with E-state index in [-0.39, 0.29) is 29.9 Å². The van der Waals surface area contributed by atoms with Gasteiger partial charge in [-0.2, -0.15) is 4.37 Å². The first kappa shape index (κ1) is 24.7. The number of hydrogen-bond donors (Lipinski definition) is 1. The second-order valence-electron chi connectivity index (χ2n) is 7.82. The fourth-order valence-electron chi connectivity index (χ4n) is 4.13. The van der Waals surface area contributed by atoms with Crippen molar-refractivity contribution in [3.05, 3.63) is 35.7 Å². The van der Waals surface area contributed by atoms with E-state index in [1.54, 1.807) is 0 Å². The molecule has 0 aliphatic carbocycles. The number of para-hydroxylation sites is 1. The van der Waals surface area contributed by atoms with Gasteiger partial charge in [0.25, 0.3) is 0 Å². The Kier molecular flexibility index (Phi) is 9.09. The third-order valence-electron chi connectivity index (χ3n) is 5.87. The zero-order valence-electron chi connectivity index (χ0n) is 18.8. The van der Waals surface area contributed by atoms with Crippen LogP contribution in [0.3, 0.4) is 0 Å². The maximum Gasteiger partial charge on any atom is 0.227 e. The molecule has 1 saturated heterocycles. The average Bonchev–Trinajstić information content (AvgIpc) is 3.46. The second kappa shape index (κ2) is 11.8. The summed E-state index contributed by atoms with van der Waals surface area (Å²) in [6, 6.07) is 8.20. The van der Waals surface area contributed by atoms with Crippen molar-refractivity contribution in [1.82, 2.24) is 19.6 Å². The Balaban J connectivity index is 0.00000289. The third-order valence-corrected chi connectivity index (χ3v) is 6.69. The number of carbonyl (C=O) groups is 1. The Morgan fingerprint density at radius 3 is 2.69 bits per heavy atom. The van der Waals surface area contributed by atoms with Crippen molar-refractivity contribution in [1.29, 1.82) is 0 Å². The van der Waals surface area contributed by atoms with E-state index in [9.17, 15) is 4.79 Å². The molecule has 0 radical (unpaired) electrons. The van der Waals surface area contributed by atoms with Gasteiger partial charge in [-0.3, -0.25) is 9.79 Å². The van der Waals surface area contributed by atoms with Gasteiger partial charge in [0.2, 0.25) is 11.0 Å². The molecule has 0 atom stereocenters. The number of piperazine rings is 1. The van der Waals surface area contributed by atoms with Crippen LogP contribution in [0.25, 0.3) is 0 Å². The number of benzene rings is 1. The Bertz CT molecular complexity index is 927. The van der Waals surface area contributed by atoms with Crippen LogP contribution < -0.4 is 15.1 Å². The number of halogens is 1. The fraction of sp³-hybridized carbons (Fsp3) is 0.545. The molecule has 0 bridgehead atoms. The lowest BCUT2D eigenvalue weighted by atomic mass is 10.2. The lowest BCUT2D eigenvalue weighted by Gasteiger charge is -2.36. The predicted octanol–water partition coefficient (Wildman–Crippen LogP) is 2.79. The molecule has 3 heterocycles. The molecule has 174 valence electrons. The quantitative estimate of drug-likeness (QED) is 0.250. The van der Waals surface area contributed by atoms with Crippen LogP contribution in [0.2, 0.25) is 0 Å². The molecule has 32 heavy (non-hydrogen) atoms. The van der Waals surface area contributed by atoms with E-state index in [0.29, 0.717) is 6.42 Å². The third kappa shape index (κ3) is 5.69. The number of aliphatic imine (C=N–C) groups is 1. The molecule has 10 heteroatoms. The molecule has 1 N–H and O–H groups in total. The van der Waals surface area contributed by atoms with Crippen molar-refractivity contribution < 1.29 is 4.79 Å². The van der Waals surface area contributed by atoms with Gasteiger partial charge in [0.05, 0.1) is 0 Å². The highest BCUT2D eigenvalue weighted by Gasteiger charge is 2.24. The summed E-state index contributed by atoms with van der Waals surface area (Å²) in [5.41, 5.74) is 2.35. The minimum absolute atomic E-state index is 0. The van der Waals surface area contributed by atoms with E-state index in [0.717, 1.165) is 81.1 Å². The van der Waals surface area contributed by atoms with Crippen molar-refractivity contribution in [3.8, 4) is 0 Å². The molecule has 2 aliphatic heterocycles. The molecule has 0 saturated carbocycles. The molecule has 2 aromatic rings. The number of carbonyl (C=O) groups excluding carboxylic acids is 1. The van der Waals surface area contributed by atoms with Gasteiger partial charge in [0.1, 0.15) is 5.82 Å². The predicted molar refractivity (Wildman–Crippen MR) is 142 cm³/mol. The van der Waals surface area contributed by atoms with Crippen LogP contribution in [0.4, 0.5) is 10.8 Å². The first-order chi connectivity index (χ1) is 15.2. The Morgan fingerprint density at radius 2 is 1.97 bits per heavy atom. The number of fused-ring (bicyclic) bond motifs is 1. The summed E-state index contributed by atoms with van der Waals surface area (Å²) in [7, 11) is 1.82. The van der Waals surface area contributed by atoms with Crippen molar-refractivity contribution >= 4 is 58.2 Å². The smallest absolute Gasteiger partial charge is 0.227 e. The minimum Gasteiger partial charge on any atom is -0.356 e. The number of anilines is 2. The van der Waals surface area contributed by atoms with E-state index < -0.39 is 0 Å². The van der Waals surface area contributed by atoms with E-state index in [2.05, 4.69) is 42.5 Å². The Hall–Kier alpha value is -1.95. The molecule has 0 spiro atoms. The Labute approximate surface area is 211 Å². The van der Waals surface area contributed by atoms with Gasteiger partial charge in [0.15, 0.2) is 5.96 Å². The molecule has 1 amide bonds. The largest absolute Gasteiger partial charge is 0.356 e. The molecular formula is C22H32IN7OS. The summed E-state index contributed by atoms with van der Waals surface area (Å²) in [6.45, 7) is 7.22. The second-order valence-corrected chi connectivity index (χ2v) is 8.55. The van der Waals surface area contributed by atoms with Gasteiger partial charge in [-0.05, 0) is 24.5 Å². The molecule has 4 rings (SSSR count). The van der Waals surface area contributed by atoms with E-state index in [1.807, 2.05) is 30.1 Å². The van der Waals surface area contributed by atoms with Crippen LogP contribution in [-0.4, -0.2) is 72.4 Å². The highest BCUT2D eigenvalue weighted by atomic mass is 127. The lowest BCUT2D eigenvalue weighted by molar-refractivity contribution is -0.118. The number of nitrogens with one attached hydrogen (secondary N) is 1. The maximum absolute atomic E-state index is 12.7. The minimum atomic E-state index is 0. The summed E-state index contributed by atoms with van der Waals surface area (Å²) in [5, 5.41) is 4.45. The van der Waals surface area contributed by atoms with Crippen LogP contribution >= 0.6 is 35.5 Å². The number of guanidine groups is 1. The number of nitrogens with zero attached hydrogens (tertiary/aromatic N) is 6. The number of amides is 1. The number of rotatable bonds is 6. The summed E-state index contributed by atoms with van der Waals surface area (Å²) in [6.07, 6.45) is 3.17. The molecule has 1 aromatic heterocycles. The van der Waals surface area contributed by atoms with Crippen molar-refractivity contribution in [2.45, 2.75) is 32.6 Å². The summed E-state index contributed by atoms with van der Waals surface area (Å²) in [4.78, 5) is 28.2. The standard InChI is InChI=1S/C22H31N7OS.HI/c1-3-19-25-22(31-26-19)28-15-13-27(14-16-28)21(23-2)24-11-6-9-20(30)29-12-10-17-7-4-5-8-18(17)29;/h4-5,7-8H,3,6,9-16H2,1-2H3,(H,23,24);1H. The highest BCUT2D eigenvalue weighted by Crippen LogP contribution is 2.28. The van der Waals surface area contributed by atoms with Gasteiger partial charge in [-0.1, -0.05) is 25.1 Å². The van der Waals surface area contributed by atoms with E-state index in [1.165, 1.54) is 17.1 Å². The summed E-state index contributed by atoms with van der Waals surface area (Å²) in [5.74, 6) is 2.04. The first-order valence-electron chi connectivity index (χ1n) is 11.1. The molecule has 1 fully saturated rings. The highest BCUT2D eigenvalue weighted by molar-refractivity contribution is 14.0. The summed E-state index contributed by atoms with van der Waals surface area (Å²) >= 11 is 1.49. The van der Waals surface area contributed by atoms with Crippen molar-refractivity contribution in [3.63, 3.8) is 0 Å². The summed E-state index contributed by atoms with van der Waals surface area (Å²) < 4.78 is 4.39. The molecule has 0 unspecified atom stereocenters. The lowest BCUT2D eigenvalue weighted by Crippen LogP contribution is -2.52. The van der Waals surface area contributed by atoms with Crippen LogP contribution in [-0.2, 0) is 17.6 Å². The molecule has 2 aliphatic rings. The Morgan fingerprint density at radius 1 is 1.19 bits per heavy atom. The van der Waals surface area contributed by atoms with Crippen LogP contribution in [0.1, 0.15) is 31.2 Å². The van der Waals surface area contributed by atoms with Gasteiger partial charge in [-0.15, -0.1) is 24.0 Å². The average molecular weight is 570 g/mol. The van der Waals surface area contributed by atoms with Gasteiger partial charge < -0.3 is 20.0 Å². The molecule has 8 nitrogen and oxygen atoms in total. The van der Waals surface area contributed by atoms with Crippen molar-refractivity contribution in [2.75, 3.05) is 56.1 Å². The SMILES string of the molecule is CCc1nsc(N2CCN(C(=NC)NCCCC(=O)N3CCc4ccccc43)CC2)n1.I. The van der Waals surface area contributed by atoms with Gasteiger partial charge in [-0.25, -0.2) is 4.98 Å². The van der Waals surface area contributed by atoms with Crippen LogP contribution in [0.15, 0.2) is 29.3 Å². The van der Waals surface area contributed by atoms with Crippen molar-refractivity contribution in [2.24, 2.45) is 4.99 Å². The van der Waals surface area contributed by atoms with Gasteiger partial charge in [0, 0.05) is 76.4 Å². The number of aryl methyl sites for hydroxylation is 1. The van der Waals surface area contributed by atoms with E-state index >= 15 is 0 Å². The zero-order chi connectivity index (χ0) is 21.6. The monoisotopic (exact) mass is 569 g/mol. The fourth-order valence-corrected chi connectivity index (χ4v) is 4.93. The van der Waals surface area contributed by atoms with E-state index in [4.69, 9.17) is 0 Å². The number of aromatic nitrogens is 2. The maximum atomic E-state index is 12.7. The molecular weight excluding hydrogens is 537 g/mol. The molecule has 1 aromatic carbocycles. The number of hydrogen-bond acceptors (Lipinski definition) is 6. The normalized spacial score (nSPS) is 16.1. The van der Waals surface area contributed by atoms with Gasteiger partial charge >= 0.3 is 0 Å². The zero-order valence-corrected chi connectivity index (χ0v) is 21.9. The topological polar surface area (TPSA) is 77.0 Å².